The molecule has 4 rings (SSSR count). The van der Waals surface area contributed by atoms with Crippen LogP contribution in [0.2, 0.25) is 0 Å². The predicted octanol–water partition coefficient (Wildman–Crippen LogP) is 2.36. The van der Waals surface area contributed by atoms with Gasteiger partial charge in [-0.05, 0) is 24.3 Å². The number of carbonyl (C=O) groups is 1. The highest BCUT2D eigenvalue weighted by molar-refractivity contribution is 8.14. The molecular weight excluding hydrogens is 468 g/mol. The number of pyridine rings is 1. The SMILES string of the molecule is COCCOc1cc(N(C)S(=O)(=O)c2ccccn2)c2[nH]c(C3=N[C@@H](C(=O)O)CS3)cc2c1. The Labute approximate surface area is 194 Å². The summed E-state index contributed by atoms with van der Waals surface area (Å²) in [6, 6.07) is 9.08. The van der Waals surface area contributed by atoms with E-state index in [0.717, 1.165) is 4.31 Å². The molecule has 0 amide bonds. The zero-order valence-electron chi connectivity index (χ0n) is 17.9. The first-order valence-electron chi connectivity index (χ1n) is 9.93. The number of sulfonamides is 1. The Bertz CT molecular complexity index is 1310. The van der Waals surface area contributed by atoms with Gasteiger partial charge in [-0.15, -0.1) is 11.8 Å². The van der Waals surface area contributed by atoms with Gasteiger partial charge in [0.1, 0.15) is 17.4 Å². The molecule has 1 aliphatic rings. The molecule has 1 aromatic carbocycles. The first-order valence-corrected chi connectivity index (χ1v) is 12.4. The van der Waals surface area contributed by atoms with E-state index in [4.69, 9.17) is 9.47 Å². The Kier molecular flexibility index (Phi) is 6.58. The van der Waals surface area contributed by atoms with Crippen molar-refractivity contribution in [2.45, 2.75) is 11.1 Å². The fourth-order valence-electron chi connectivity index (χ4n) is 3.31. The van der Waals surface area contributed by atoms with Crippen LogP contribution in [0.4, 0.5) is 5.69 Å². The number of hydrogen-bond acceptors (Lipinski definition) is 8. The Morgan fingerprint density at radius 2 is 2.12 bits per heavy atom. The van der Waals surface area contributed by atoms with Gasteiger partial charge in [0.05, 0.1) is 23.5 Å². The van der Waals surface area contributed by atoms with Crippen molar-refractivity contribution in [3.63, 3.8) is 0 Å². The number of anilines is 1. The Morgan fingerprint density at radius 1 is 1.30 bits per heavy atom. The number of hydrogen-bond donors (Lipinski definition) is 2. The van der Waals surface area contributed by atoms with Gasteiger partial charge in [0.2, 0.25) is 0 Å². The maximum absolute atomic E-state index is 13.2. The van der Waals surface area contributed by atoms with E-state index in [2.05, 4.69) is 15.0 Å². The molecule has 3 heterocycles. The van der Waals surface area contributed by atoms with Crippen molar-refractivity contribution in [3.8, 4) is 5.75 Å². The van der Waals surface area contributed by atoms with Crippen molar-refractivity contribution >= 4 is 49.4 Å². The summed E-state index contributed by atoms with van der Waals surface area (Å²) in [6.07, 6.45) is 1.42. The molecule has 33 heavy (non-hydrogen) atoms. The van der Waals surface area contributed by atoms with Gasteiger partial charge in [0, 0.05) is 37.6 Å². The monoisotopic (exact) mass is 490 g/mol. The largest absolute Gasteiger partial charge is 0.491 e. The third-order valence-electron chi connectivity index (χ3n) is 5.01. The van der Waals surface area contributed by atoms with E-state index in [1.165, 1.54) is 31.1 Å². The van der Waals surface area contributed by atoms with Gasteiger partial charge in [0.15, 0.2) is 11.1 Å². The van der Waals surface area contributed by atoms with E-state index in [0.29, 0.717) is 45.4 Å². The number of benzene rings is 1. The summed E-state index contributed by atoms with van der Waals surface area (Å²) in [5.41, 5.74) is 1.51. The second-order valence-corrected chi connectivity index (χ2v) is 10.1. The van der Waals surface area contributed by atoms with Crippen molar-refractivity contribution in [1.82, 2.24) is 9.97 Å². The minimum absolute atomic E-state index is 0.0850. The molecule has 0 fully saturated rings. The average Bonchev–Trinajstić information content (AvgIpc) is 3.46. The quantitative estimate of drug-likeness (QED) is 0.437. The number of aromatic amines is 1. The molecule has 2 aromatic heterocycles. The topological polar surface area (TPSA) is 134 Å². The molecule has 0 bridgehead atoms. The molecular formula is C21H22N4O6S2. The van der Waals surface area contributed by atoms with E-state index in [1.807, 2.05) is 0 Å². The second-order valence-electron chi connectivity index (χ2n) is 7.17. The van der Waals surface area contributed by atoms with Gasteiger partial charge < -0.3 is 19.6 Å². The minimum atomic E-state index is -3.95. The maximum atomic E-state index is 13.2. The molecule has 1 aliphatic heterocycles. The normalized spacial score (nSPS) is 16.1. The van der Waals surface area contributed by atoms with Crippen LogP contribution in [0.15, 0.2) is 52.6 Å². The summed E-state index contributed by atoms with van der Waals surface area (Å²) in [5.74, 6) is -0.177. The number of aromatic nitrogens is 2. The second kappa shape index (κ2) is 9.41. The highest BCUT2D eigenvalue weighted by atomic mass is 32.2. The standard InChI is InChI=1S/C21H22N4O6S2/c1-25(33(28,29)18-5-3-4-6-22-18)17-11-14(31-8-7-30-2)9-13-10-15(23-19(13)17)20-24-16(12-32-20)21(26)27/h3-6,9-11,16,23H,7-8,12H2,1-2H3,(H,26,27)/t16-/m1/s1. The van der Waals surface area contributed by atoms with E-state index >= 15 is 0 Å². The van der Waals surface area contributed by atoms with Crippen LogP contribution in [-0.4, -0.2) is 73.7 Å². The lowest BCUT2D eigenvalue weighted by atomic mass is 10.2. The Hall–Kier alpha value is -3.09. The van der Waals surface area contributed by atoms with Gasteiger partial charge in [-0.2, -0.15) is 8.42 Å². The molecule has 1 atom stereocenters. The summed E-state index contributed by atoms with van der Waals surface area (Å²) in [4.78, 5) is 22.7. The van der Waals surface area contributed by atoms with Crippen molar-refractivity contribution in [2.75, 3.05) is 37.4 Å². The van der Waals surface area contributed by atoms with Crippen molar-refractivity contribution in [1.29, 1.82) is 0 Å². The molecule has 2 N–H and O–H groups in total. The van der Waals surface area contributed by atoms with Crippen molar-refractivity contribution < 1.29 is 27.8 Å². The van der Waals surface area contributed by atoms with E-state index in [-0.39, 0.29) is 11.6 Å². The Balaban J connectivity index is 1.80. The van der Waals surface area contributed by atoms with Gasteiger partial charge in [-0.25, -0.2) is 9.78 Å². The molecule has 0 radical (unpaired) electrons. The smallest absolute Gasteiger partial charge is 0.329 e. The first-order chi connectivity index (χ1) is 15.8. The third kappa shape index (κ3) is 4.68. The van der Waals surface area contributed by atoms with Crippen molar-refractivity contribution in [2.24, 2.45) is 4.99 Å². The number of nitrogens with zero attached hydrogens (tertiary/aromatic N) is 3. The summed E-state index contributed by atoms with van der Waals surface area (Å²) >= 11 is 1.33. The summed E-state index contributed by atoms with van der Waals surface area (Å²) in [7, 11) is -0.938. The first kappa shape index (κ1) is 23.1. The lowest BCUT2D eigenvalue weighted by Gasteiger charge is -2.20. The zero-order chi connectivity index (χ0) is 23.6. The number of H-pyrrole nitrogens is 1. The molecule has 12 heteroatoms. The molecule has 3 aromatic rings. The van der Waals surface area contributed by atoms with E-state index in [9.17, 15) is 18.3 Å². The number of rotatable bonds is 9. The molecule has 0 saturated carbocycles. The van der Waals surface area contributed by atoms with Gasteiger partial charge in [-0.1, -0.05) is 6.07 Å². The maximum Gasteiger partial charge on any atom is 0.329 e. The third-order valence-corrected chi connectivity index (χ3v) is 7.77. The van der Waals surface area contributed by atoms with Crippen LogP contribution < -0.4 is 9.04 Å². The van der Waals surface area contributed by atoms with Gasteiger partial charge >= 0.3 is 5.97 Å². The highest BCUT2D eigenvalue weighted by Crippen LogP contribution is 2.35. The van der Waals surface area contributed by atoms with Crippen LogP contribution in [0, 0.1) is 0 Å². The predicted molar refractivity (Wildman–Crippen MR) is 126 cm³/mol. The number of ether oxygens (including phenoxy) is 2. The lowest BCUT2D eigenvalue weighted by Crippen LogP contribution is -2.27. The molecule has 0 aliphatic carbocycles. The summed E-state index contributed by atoms with van der Waals surface area (Å²) < 4.78 is 38.4. The van der Waals surface area contributed by atoms with Crippen LogP contribution in [-0.2, 0) is 19.6 Å². The summed E-state index contributed by atoms with van der Waals surface area (Å²) in [6.45, 7) is 0.663. The highest BCUT2D eigenvalue weighted by Gasteiger charge is 2.28. The number of carboxylic acid groups (broad SMARTS) is 1. The van der Waals surface area contributed by atoms with Gasteiger partial charge in [-0.3, -0.25) is 9.30 Å². The number of fused-ring (bicyclic) bond motifs is 1. The number of aliphatic carboxylic acids is 1. The van der Waals surface area contributed by atoms with Gasteiger partial charge in [0.25, 0.3) is 10.0 Å². The number of nitrogens with one attached hydrogen (secondary N) is 1. The van der Waals surface area contributed by atoms with Crippen LogP contribution in [0.25, 0.3) is 10.9 Å². The molecule has 0 spiro atoms. The number of methoxy groups -OCH3 is 1. The Morgan fingerprint density at radius 3 is 2.79 bits per heavy atom. The number of carboxylic acids is 1. The molecule has 174 valence electrons. The summed E-state index contributed by atoms with van der Waals surface area (Å²) in [5, 5.41) is 10.4. The van der Waals surface area contributed by atoms with Crippen LogP contribution in [0.5, 0.6) is 5.75 Å². The van der Waals surface area contributed by atoms with Crippen LogP contribution >= 0.6 is 11.8 Å². The van der Waals surface area contributed by atoms with Crippen LogP contribution in [0.1, 0.15) is 5.69 Å². The molecule has 0 saturated heterocycles. The van der Waals surface area contributed by atoms with Crippen molar-refractivity contribution in [3.05, 3.63) is 48.3 Å². The fraction of sp³-hybridized carbons (Fsp3) is 0.286. The minimum Gasteiger partial charge on any atom is -0.491 e. The van der Waals surface area contributed by atoms with E-state index < -0.39 is 22.0 Å². The fourth-order valence-corrected chi connectivity index (χ4v) is 5.43. The zero-order valence-corrected chi connectivity index (χ0v) is 19.5. The number of thioether (sulfide) groups is 1. The average molecular weight is 491 g/mol. The molecule has 10 nitrogen and oxygen atoms in total. The lowest BCUT2D eigenvalue weighted by molar-refractivity contribution is -0.137. The number of aliphatic imine (C=N–C) groups is 1. The van der Waals surface area contributed by atoms with E-state index in [1.54, 1.807) is 37.4 Å². The van der Waals surface area contributed by atoms with Crippen LogP contribution in [0.3, 0.4) is 0 Å². The molecule has 0 unspecified atom stereocenters.